The van der Waals surface area contributed by atoms with E-state index in [0.717, 1.165) is 0 Å². The van der Waals surface area contributed by atoms with Crippen molar-refractivity contribution in [1.82, 2.24) is 21.1 Å². The number of hydrogen-bond donors (Lipinski definition) is 3. The molecule has 0 spiro atoms. The summed E-state index contributed by atoms with van der Waals surface area (Å²) in [6, 6.07) is -0.323. The number of nitrogens with zero attached hydrogens (tertiary/aromatic N) is 1. The second-order valence-electron chi connectivity index (χ2n) is 8.56. The quantitative estimate of drug-likeness (QED) is 0.347. The van der Waals surface area contributed by atoms with E-state index < -0.39 is 35.4 Å². The lowest BCUT2D eigenvalue weighted by Crippen LogP contribution is -2.53. The van der Waals surface area contributed by atoms with Crippen LogP contribution in [0.5, 0.6) is 0 Å². The lowest BCUT2D eigenvalue weighted by atomic mass is 9.93. The van der Waals surface area contributed by atoms with Gasteiger partial charge in [-0.15, -0.1) is 0 Å². The van der Waals surface area contributed by atoms with Gasteiger partial charge in [-0.2, -0.15) is 0 Å². The Balaban J connectivity index is 0.00000182. The maximum atomic E-state index is 12.6. The molecule has 0 radical (unpaired) electrons. The second-order valence-corrected chi connectivity index (χ2v) is 8.56. The maximum absolute atomic E-state index is 12.6. The number of ether oxygens (including phenoxy) is 3. The zero-order valence-electron chi connectivity index (χ0n) is 20.9. The molecule has 3 amide bonds. The van der Waals surface area contributed by atoms with Crippen molar-refractivity contribution in [3.63, 3.8) is 0 Å². The molecule has 0 unspecified atom stereocenters. The molecular weight excluding hydrogens is 448 g/mol. The topological polar surface area (TPSA) is 161 Å². The molecular formula is C22H36N4O8. The third kappa shape index (κ3) is 9.57. The van der Waals surface area contributed by atoms with Gasteiger partial charge in [0.1, 0.15) is 17.4 Å². The molecule has 1 aromatic heterocycles. The number of aromatic nitrogens is 1. The van der Waals surface area contributed by atoms with E-state index in [1.54, 1.807) is 28.1 Å². The van der Waals surface area contributed by atoms with Gasteiger partial charge in [-0.25, -0.2) is 0 Å². The van der Waals surface area contributed by atoms with Crippen molar-refractivity contribution in [1.29, 1.82) is 0 Å². The molecule has 1 saturated heterocycles. The Morgan fingerprint density at radius 2 is 1.76 bits per heavy atom. The van der Waals surface area contributed by atoms with Crippen LogP contribution in [0.25, 0.3) is 0 Å². The summed E-state index contributed by atoms with van der Waals surface area (Å²) in [5.74, 6) is -1.31. The highest BCUT2D eigenvalue weighted by Gasteiger charge is 2.50. The Morgan fingerprint density at radius 1 is 1.15 bits per heavy atom. The molecule has 12 nitrogen and oxygen atoms in total. The van der Waals surface area contributed by atoms with Crippen molar-refractivity contribution >= 4 is 23.5 Å². The third-order valence-corrected chi connectivity index (χ3v) is 4.70. The molecule has 1 aliphatic heterocycles. The number of methoxy groups -OCH3 is 2. The number of carbonyl (C=O) groups excluding carboxylic acids is 4. The van der Waals surface area contributed by atoms with E-state index in [1.807, 2.05) is 13.8 Å². The Hall–Kier alpha value is -2.83. The standard InChI is InChI=1S/C20H30N4O7.C2H6O/c1-11(2)6-13(17(26)20(4)10-30-20)22-16(25)8-21-18(27)15(9-29-5)23-19(28)14-7-12(3)31-24-14;1-3-2/h7,11,13,15H,6,8-10H2,1-5H3,(H,21,27)(H,22,25)(H,23,28);1-2H3/t13-,15-,20+;/m0./s1. The Bertz CT molecular complexity index is 835. The summed E-state index contributed by atoms with van der Waals surface area (Å²) in [7, 11) is 4.63. The minimum atomic E-state index is -1.05. The average molecular weight is 485 g/mol. The van der Waals surface area contributed by atoms with Crippen molar-refractivity contribution in [3.8, 4) is 0 Å². The van der Waals surface area contributed by atoms with Crippen LogP contribution in [0, 0.1) is 12.8 Å². The number of carbonyl (C=O) groups is 4. The Kier molecular flexibility index (Phi) is 11.8. The molecule has 1 fully saturated rings. The first-order chi connectivity index (χ1) is 16.0. The van der Waals surface area contributed by atoms with Gasteiger partial charge in [0.05, 0.1) is 25.8 Å². The van der Waals surface area contributed by atoms with Crippen LogP contribution in [0.15, 0.2) is 10.6 Å². The zero-order chi connectivity index (χ0) is 25.9. The first-order valence-electron chi connectivity index (χ1n) is 10.9. The lowest BCUT2D eigenvalue weighted by molar-refractivity contribution is -0.131. The van der Waals surface area contributed by atoms with Crippen molar-refractivity contribution < 1.29 is 37.9 Å². The normalized spacial score (nSPS) is 18.2. The fourth-order valence-corrected chi connectivity index (χ4v) is 2.91. The molecule has 0 aromatic carbocycles. The van der Waals surface area contributed by atoms with Crippen molar-refractivity contribution in [3.05, 3.63) is 17.5 Å². The average Bonchev–Trinajstić information content (AvgIpc) is 3.36. The number of Topliss-reactive ketones (excluding diaryl/α,β-unsaturated/α-hetero) is 1. The molecule has 2 heterocycles. The van der Waals surface area contributed by atoms with Crippen molar-refractivity contribution in [2.24, 2.45) is 5.92 Å². The van der Waals surface area contributed by atoms with E-state index in [4.69, 9.17) is 14.0 Å². The summed E-state index contributed by atoms with van der Waals surface area (Å²) in [4.78, 5) is 49.6. The van der Waals surface area contributed by atoms with Gasteiger partial charge in [-0.1, -0.05) is 19.0 Å². The fraction of sp³-hybridized carbons (Fsp3) is 0.682. The van der Waals surface area contributed by atoms with Crippen LogP contribution < -0.4 is 16.0 Å². The highest BCUT2D eigenvalue weighted by molar-refractivity contribution is 5.98. The van der Waals surface area contributed by atoms with Crippen LogP contribution in [0.1, 0.15) is 43.4 Å². The number of epoxide rings is 1. The minimum Gasteiger partial charge on any atom is -0.388 e. The molecule has 0 bridgehead atoms. The first-order valence-corrected chi connectivity index (χ1v) is 10.9. The Labute approximate surface area is 199 Å². The van der Waals surface area contributed by atoms with E-state index in [0.29, 0.717) is 18.8 Å². The zero-order valence-corrected chi connectivity index (χ0v) is 20.9. The summed E-state index contributed by atoms with van der Waals surface area (Å²) >= 11 is 0. The van der Waals surface area contributed by atoms with Crippen LogP contribution in [0.4, 0.5) is 0 Å². The van der Waals surface area contributed by atoms with Gasteiger partial charge in [-0.3, -0.25) is 19.2 Å². The monoisotopic (exact) mass is 484 g/mol. The molecule has 0 aliphatic carbocycles. The van der Waals surface area contributed by atoms with Crippen LogP contribution in [-0.4, -0.2) is 87.4 Å². The largest absolute Gasteiger partial charge is 0.388 e. The number of hydrogen-bond acceptors (Lipinski definition) is 9. The van der Waals surface area contributed by atoms with Crippen molar-refractivity contribution in [2.75, 3.05) is 41.1 Å². The molecule has 192 valence electrons. The van der Waals surface area contributed by atoms with E-state index in [1.165, 1.54) is 13.2 Å². The smallest absolute Gasteiger partial charge is 0.274 e. The van der Waals surface area contributed by atoms with Crippen molar-refractivity contribution in [2.45, 2.75) is 51.8 Å². The van der Waals surface area contributed by atoms with Gasteiger partial charge in [0, 0.05) is 27.4 Å². The summed E-state index contributed by atoms with van der Waals surface area (Å²) < 4.78 is 19.3. The summed E-state index contributed by atoms with van der Waals surface area (Å²) in [6.07, 6.45) is 0.455. The number of rotatable bonds is 12. The van der Waals surface area contributed by atoms with Gasteiger partial charge in [0.25, 0.3) is 5.91 Å². The van der Waals surface area contributed by atoms with E-state index >= 15 is 0 Å². The number of aryl methyl sites for hydroxylation is 1. The van der Waals surface area contributed by atoms with Gasteiger partial charge in [0.2, 0.25) is 11.8 Å². The molecule has 1 aliphatic rings. The molecule has 34 heavy (non-hydrogen) atoms. The fourth-order valence-electron chi connectivity index (χ4n) is 2.91. The van der Waals surface area contributed by atoms with Crippen LogP contribution in [-0.2, 0) is 28.6 Å². The van der Waals surface area contributed by atoms with Crippen LogP contribution in [0.2, 0.25) is 0 Å². The summed E-state index contributed by atoms with van der Waals surface area (Å²) in [6.45, 7) is 7.06. The molecule has 12 heteroatoms. The maximum Gasteiger partial charge on any atom is 0.274 e. The highest BCUT2D eigenvalue weighted by atomic mass is 16.6. The highest BCUT2D eigenvalue weighted by Crippen LogP contribution is 2.29. The second kappa shape index (κ2) is 13.8. The van der Waals surface area contributed by atoms with Gasteiger partial charge in [0.15, 0.2) is 11.5 Å². The van der Waals surface area contributed by atoms with Gasteiger partial charge < -0.3 is 34.7 Å². The number of ketones is 1. The van der Waals surface area contributed by atoms with Gasteiger partial charge >= 0.3 is 0 Å². The van der Waals surface area contributed by atoms with Crippen LogP contribution >= 0.6 is 0 Å². The molecule has 1 aromatic rings. The number of amides is 3. The van der Waals surface area contributed by atoms with Gasteiger partial charge in [-0.05, 0) is 26.2 Å². The number of nitrogens with one attached hydrogen (secondary N) is 3. The minimum absolute atomic E-state index is 0.0231. The molecule has 0 saturated carbocycles. The molecule has 2 rings (SSSR count). The first kappa shape index (κ1) is 29.2. The summed E-state index contributed by atoms with van der Waals surface area (Å²) in [5.41, 5.74) is -0.835. The van der Waals surface area contributed by atoms with E-state index in [-0.39, 0.29) is 30.5 Å². The molecule has 3 N–H and O–H groups in total. The van der Waals surface area contributed by atoms with Crippen LogP contribution in [0.3, 0.4) is 0 Å². The van der Waals surface area contributed by atoms with E-state index in [2.05, 4.69) is 25.8 Å². The SMILES string of the molecule is COC.COC[C@H](NC(=O)c1cc(C)on1)C(=O)NCC(=O)N[C@@H](CC(C)C)C(=O)[C@@]1(C)CO1. The Morgan fingerprint density at radius 3 is 2.24 bits per heavy atom. The molecule has 3 atom stereocenters. The van der Waals surface area contributed by atoms with E-state index in [9.17, 15) is 19.2 Å². The predicted octanol–water partition coefficient (Wildman–Crippen LogP) is -0.00448. The predicted molar refractivity (Wildman–Crippen MR) is 121 cm³/mol. The lowest BCUT2D eigenvalue weighted by Gasteiger charge is -2.22. The summed E-state index contributed by atoms with van der Waals surface area (Å²) in [5, 5.41) is 11.2. The third-order valence-electron chi connectivity index (χ3n) is 4.70.